The van der Waals surface area contributed by atoms with Crippen molar-refractivity contribution in [3.05, 3.63) is 45.7 Å². The molecule has 1 heterocycles. The van der Waals surface area contributed by atoms with Crippen LogP contribution in [0.2, 0.25) is 10.2 Å². The summed E-state index contributed by atoms with van der Waals surface area (Å²) in [6, 6.07) is 7.20. The summed E-state index contributed by atoms with van der Waals surface area (Å²) in [5.41, 5.74) is 2.01. The molecule has 0 amide bonds. The molecule has 0 saturated heterocycles. The molecule has 6 heteroatoms. The summed E-state index contributed by atoms with van der Waals surface area (Å²) in [4.78, 5) is 20.2. The molecule has 0 aliphatic heterocycles. The number of esters is 1. The Bertz CT molecular complexity index is 651. The van der Waals surface area contributed by atoms with Crippen LogP contribution in [0.4, 0.5) is 0 Å². The van der Waals surface area contributed by atoms with E-state index in [0.717, 1.165) is 5.56 Å². The fourth-order valence-corrected chi connectivity index (χ4v) is 2.35. The first-order valence-electron chi connectivity index (χ1n) is 6.45. The Kier molecular flexibility index (Phi) is 5.15. The van der Waals surface area contributed by atoms with Crippen molar-refractivity contribution in [3.63, 3.8) is 0 Å². The van der Waals surface area contributed by atoms with Crippen LogP contribution in [0.5, 0.6) is 0 Å². The van der Waals surface area contributed by atoms with Gasteiger partial charge in [0.25, 0.3) is 0 Å². The molecule has 21 heavy (non-hydrogen) atoms. The van der Waals surface area contributed by atoms with Crippen molar-refractivity contribution in [2.24, 2.45) is 0 Å². The van der Waals surface area contributed by atoms with Crippen LogP contribution in [0.3, 0.4) is 0 Å². The maximum Gasteiger partial charge on any atom is 0.310 e. The zero-order valence-corrected chi connectivity index (χ0v) is 13.2. The topological polar surface area (TPSA) is 52.1 Å². The molecule has 0 aliphatic rings. The normalized spacial score (nSPS) is 10.5. The van der Waals surface area contributed by atoms with E-state index in [1.165, 1.54) is 0 Å². The number of rotatable bonds is 4. The molecular formula is C15H14Cl2N2O2. The van der Waals surface area contributed by atoms with Crippen molar-refractivity contribution >= 4 is 29.2 Å². The van der Waals surface area contributed by atoms with Crippen LogP contribution in [-0.4, -0.2) is 22.5 Å². The fourth-order valence-electron chi connectivity index (χ4n) is 1.87. The maximum atomic E-state index is 11.6. The highest BCUT2D eigenvalue weighted by molar-refractivity contribution is 6.31. The van der Waals surface area contributed by atoms with Crippen molar-refractivity contribution < 1.29 is 9.53 Å². The van der Waals surface area contributed by atoms with Crippen molar-refractivity contribution in [1.29, 1.82) is 0 Å². The average Bonchev–Trinajstić information content (AvgIpc) is 2.43. The molecule has 4 nitrogen and oxygen atoms in total. The molecular weight excluding hydrogens is 311 g/mol. The predicted octanol–water partition coefficient (Wildman–Crippen LogP) is 3.86. The van der Waals surface area contributed by atoms with Crippen LogP contribution in [0.25, 0.3) is 11.4 Å². The second-order valence-corrected chi connectivity index (χ2v) is 5.19. The van der Waals surface area contributed by atoms with E-state index >= 15 is 0 Å². The van der Waals surface area contributed by atoms with Crippen molar-refractivity contribution in [2.75, 3.05) is 6.61 Å². The lowest BCUT2D eigenvalue weighted by Gasteiger charge is -2.09. The maximum absolute atomic E-state index is 11.6. The van der Waals surface area contributed by atoms with Gasteiger partial charge in [-0.1, -0.05) is 35.3 Å². The fraction of sp³-hybridized carbons (Fsp3) is 0.267. The van der Waals surface area contributed by atoms with Crippen molar-refractivity contribution in [1.82, 2.24) is 9.97 Å². The summed E-state index contributed by atoms with van der Waals surface area (Å²) in [5, 5.41) is 0.853. The van der Waals surface area contributed by atoms with Gasteiger partial charge in [-0.15, -0.1) is 0 Å². The molecule has 0 unspecified atom stereocenters. The number of aromatic nitrogens is 2. The Labute approximate surface area is 133 Å². The second-order valence-electron chi connectivity index (χ2n) is 4.39. The Morgan fingerprint density at radius 1 is 1.29 bits per heavy atom. The molecule has 1 aromatic carbocycles. The number of hydrogen-bond donors (Lipinski definition) is 0. The monoisotopic (exact) mass is 324 g/mol. The average molecular weight is 325 g/mol. The molecule has 0 fully saturated rings. The minimum absolute atomic E-state index is 0.0638. The first-order chi connectivity index (χ1) is 10.0. The van der Waals surface area contributed by atoms with Crippen LogP contribution in [0, 0.1) is 6.92 Å². The lowest BCUT2D eigenvalue weighted by atomic mass is 10.1. The SMILES string of the molecule is CCOC(=O)Cc1c(C)nc(-c2cccc(Cl)c2)nc1Cl. The van der Waals surface area contributed by atoms with Crippen LogP contribution >= 0.6 is 23.2 Å². The highest BCUT2D eigenvalue weighted by atomic mass is 35.5. The van der Waals surface area contributed by atoms with Gasteiger partial charge in [0.1, 0.15) is 5.15 Å². The van der Waals surface area contributed by atoms with Crippen LogP contribution in [0.1, 0.15) is 18.2 Å². The van der Waals surface area contributed by atoms with E-state index in [0.29, 0.717) is 28.7 Å². The van der Waals surface area contributed by atoms with Gasteiger partial charge in [0.2, 0.25) is 0 Å². The number of carbonyl (C=O) groups excluding carboxylic acids is 1. The van der Waals surface area contributed by atoms with Crippen LogP contribution in [-0.2, 0) is 16.0 Å². The van der Waals surface area contributed by atoms with Crippen molar-refractivity contribution in [3.8, 4) is 11.4 Å². The van der Waals surface area contributed by atoms with E-state index < -0.39 is 0 Å². The highest BCUT2D eigenvalue weighted by Gasteiger charge is 2.15. The van der Waals surface area contributed by atoms with Crippen molar-refractivity contribution in [2.45, 2.75) is 20.3 Å². The zero-order chi connectivity index (χ0) is 15.4. The lowest BCUT2D eigenvalue weighted by molar-refractivity contribution is -0.142. The van der Waals surface area contributed by atoms with Gasteiger partial charge in [-0.2, -0.15) is 0 Å². The van der Waals surface area contributed by atoms with Crippen LogP contribution in [0.15, 0.2) is 24.3 Å². The quantitative estimate of drug-likeness (QED) is 0.633. The number of benzene rings is 1. The van der Waals surface area contributed by atoms with Crippen LogP contribution < -0.4 is 0 Å². The van der Waals surface area contributed by atoms with E-state index in [1.54, 1.807) is 26.0 Å². The van der Waals surface area contributed by atoms with Gasteiger partial charge >= 0.3 is 5.97 Å². The van der Waals surface area contributed by atoms with E-state index in [1.807, 2.05) is 12.1 Å². The Morgan fingerprint density at radius 3 is 2.67 bits per heavy atom. The third-order valence-electron chi connectivity index (χ3n) is 2.87. The highest BCUT2D eigenvalue weighted by Crippen LogP contribution is 2.24. The Hall–Kier alpha value is -1.65. The van der Waals surface area contributed by atoms with E-state index in [4.69, 9.17) is 27.9 Å². The van der Waals surface area contributed by atoms with Gasteiger partial charge in [0, 0.05) is 21.8 Å². The standard InChI is InChI=1S/C15H14Cl2N2O2/c1-3-21-13(20)8-12-9(2)18-15(19-14(12)17)10-5-4-6-11(16)7-10/h4-7H,3,8H2,1-2H3. The number of hydrogen-bond acceptors (Lipinski definition) is 4. The molecule has 0 N–H and O–H groups in total. The molecule has 0 atom stereocenters. The number of nitrogens with zero attached hydrogens (tertiary/aromatic N) is 2. The second kappa shape index (κ2) is 6.87. The van der Waals surface area contributed by atoms with Gasteiger partial charge in [-0.05, 0) is 26.0 Å². The van der Waals surface area contributed by atoms with Gasteiger partial charge in [-0.3, -0.25) is 4.79 Å². The first-order valence-corrected chi connectivity index (χ1v) is 7.21. The summed E-state index contributed by atoms with van der Waals surface area (Å²) in [5.74, 6) is 0.134. The first kappa shape index (κ1) is 15.7. The summed E-state index contributed by atoms with van der Waals surface area (Å²) < 4.78 is 4.92. The van der Waals surface area contributed by atoms with Gasteiger partial charge in [0.05, 0.1) is 13.0 Å². The van der Waals surface area contributed by atoms with E-state index in [9.17, 15) is 4.79 Å². The molecule has 0 spiro atoms. The molecule has 110 valence electrons. The summed E-state index contributed by atoms with van der Waals surface area (Å²) in [6.07, 6.45) is 0.0638. The van der Waals surface area contributed by atoms with Gasteiger partial charge < -0.3 is 4.74 Å². The number of halogens is 2. The minimum atomic E-state index is -0.346. The third kappa shape index (κ3) is 3.93. The molecule has 2 aromatic rings. The smallest absolute Gasteiger partial charge is 0.310 e. The molecule has 2 rings (SSSR count). The van der Waals surface area contributed by atoms with E-state index in [-0.39, 0.29) is 17.5 Å². The molecule has 1 aromatic heterocycles. The molecule has 0 aliphatic carbocycles. The zero-order valence-electron chi connectivity index (χ0n) is 11.7. The Morgan fingerprint density at radius 2 is 2.05 bits per heavy atom. The van der Waals surface area contributed by atoms with E-state index in [2.05, 4.69) is 9.97 Å². The largest absolute Gasteiger partial charge is 0.466 e. The predicted molar refractivity (Wildman–Crippen MR) is 82.6 cm³/mol. The van der Waals surface area contributed by atoms with Gasteiger partial charge in [0.15, 0.2) is 5.82 Å². The minimum Gasteiger partial charge on any atom is -0.466 e. The third-order valence-corrected chi connectivity index (χ3v) is 3.42. The number of aryl methyl sites for hydroxylation is 1. The number of ether oxygens (including phenoxy) is 1. The lowest BCUT2D eigenvalue weighted by Crippen LogP contribution is -2.11. The number of carbonyl (C=O) groups is 1. The summed E-state index contributed by atoms with van der Waals surface area (Å²) in [7, 11) is 0. The molecule has 0 bridgehead atoms. The Balaban J connectivity index is 2.35. The molecule has 0 saturated carbocycles. The molecule has 0 radical (unpaired) electrons. The summed E-state index contributed by atoms with van der Waals surface area (Å²) >= 11 is 12.1. The van der Waals surface area contributed by atoms with Gasteiger partial charge in [-0.25, -0.2) is 9.97 Å². The summed E-state index contributed by atoms with van der Waals surface area (Å²) in [6.45, 7) is 3.87.